The molecular weight excluding hydrogens is 472 g/mol. The molecule has 32 heavy (non-hydrogen) atoms. The molecule has 0 unspecified atom stereocenters. The Kier molecular flexibility index (Phi) is 5.96. The Labute approximate surface area is 194 Å². The van der Waals surface area contributed by atoms with Crippen LogP contribution >= 0.6 is 22.9 Å². The monoisotopic (exact) mass is 494 g/mol. The number of aromatic nitrogens is 3. The summed E-state index contributed by atoms with van der Waals surface area (Å²) in [4.78, 5) is 17.8. The van der Waals surface area contributed by atoms with Gasteiger partial charge in [-0.3, -0.25) is 9.48 Å². The molecule has 1 N–H and O–H groups in total. The molecule has 2 aromatic heterocycles. The molecular formula is C21H23ClN4O4S2. The molecule has 0 bridgehead atoms. The van der Waals surface area contributed by atoms with Gasteiger partial charge in [0.2, 0.25) is 0 Å². The second kappa shape index (κ2) is 8.74. The number of benzene rings is 1. The summed E-state index contributed by atoms with van der Waals surface area (Å²) in [5.41, 5.74) is 0.635. The van der Waals surface area contributed by atoms with Crippen LogP contribution in [0.25, 0.3) is 10.9 Å². The van der Waals surface area contributed by atoms with Crippen molar-refractivity contribution >= 4 is 54.7 Å². The van der Waals surface area contributed by atoms with Gasteiger partial charge in [0, 0.05) is 18.6 Å². The lowest BCUT2D eigenvalue weighted by molar-refractivity contribution is -0.120. The predicted molar refractivity (Wildman–Crippen MR) is 123 cm³/mol. The van der Waals surface area contributed by atoms with Gasteiger partial charge in [0.05, 0.1) is 28.1 Å². The lowest BCUT2D eigenvalue weighted by Crippen LogP contribution is -2.30. The maximum atomic E-state index is 13.3. The molecule has 1 aromatic carbocycles. The lowest BCUT2D eigenvalue weighted by Gasteiger charge is -2.26. The number of sulfone groups is 1. The zero-order chi connectivity index (χ0) is 22.3. The van der Waals surface area contributed by atoms with Crippen LogP contribution in [0, 0.1) is 5.92 Å². The van der Waals surface area contributed by atoms with Crippen LogP contribution in [0.1, 0.15) is 38.1 Å². The predicted octanol–water partition coefficient (Wildman–Crippen LogP) is 4.08. The molecule has 170 valence electrons. The standard InChI is InChI=1S/C21H23ClN4O4S2/c22-19-12-23-21(31-19)25-20(27)17(10-13-6-8-30-9-7-13)26-16-2-1-3-18(15(16)11-24-26)32(28,29)14-4-5-14/h1-3,11-14,17H,4-10H2,(H,23,25,27)/t17-/m1/s1. The van der Waals surface area contributed by atoms with Crippen LogP contribution in [-0.2, 0) is 19.4 Å². The molecule has 1 atom stereocenters. The Hall–Kier alpha value is -2.01. The van der Waals surface area contributed by atoms with E-state index < -0.39 is 15.9 Å². The van der Waals surface area contributed by atoms with Crippen LogP contribution < -0.4 is 5.32 Å². The smallest absolute Gasteiger partial charge is 0.251 e. The number of nitrogens with zero attached hydrogens (tertiary/aromatic N) is 3. The Morgan fingerprint density at radius 2 is 2.03 bits per heavy atom. The summed E-state index contributed by atoms with van der Waals surface area (Å²) in [7, 11) is -3.39. The first-order valence-corrected chi connectivity index (χ1v) is 13.4. The van der Waals surface area contributed by atoms with Crippen molar-refractivity contribution < 1.29 is 17.9 Å². The fraction of sp³-hybridized carbons (Fsp3) is 0.476. The molecule has 1 aliphatic heterocycles. The molecule has 1 saturated heterocycles. The summed E-state index contributed by atoms with van der Waals surface area (Å²) in [5.74, 6) is 0.0555. The zero-order valence-corrected chi connectivity index (χ0v) is 19.6. The topological polar surface area (TPSA) is 103 Å². The normalized spacial score (nSPS) is 18.7. The summed E-state index contributed by atoms with van der Waals surface area (Å²) in [6, 6.07) is 4.56. The second-order valence-corrected chi connectivity index (χ2v) is 12.1. The molecule has 0 radical (unpaired) electrons. The molecule has 1 amide bonds. The highest BCUT2D eigenvalue weighted by Gasteiger charge is 2.38. The minimum absolute atomic E-state index is 0.247. The number of amides is 1. The highest BCUT2D eigenvalue weighted by Crippen LogP contribution is 2.37. The number of halogens is 1. The van der Waals surface area contributed by atoms with E-state index in [0.29, 0.717) is 63.7 Å². The van der Waals surface area contributed by atoms with Gasteiger partial charge < -0.3 is 10.1 Å². The third-order valence-corrected chi connectivity index (χ3v) is 9.42. The lowest BCUT2D eigenvalue weighted by atomic mass is 9.92. The molecule has 0 spiro atoms. The quantitative estimate of drug-likeness (QED) is 0.530. The molecule has 3 heterocycles. The number of thiazole rings is 1. The van der Waals surface area contributed by atoms with Gasteiger partial charge in [-0.1, -0.05) is 29.0 Å². The Morgan fingerprint density at radius 1 is 1.25 bits per heavy atom. The summed E-state index contributed by atoms with van der Waals surface area (Å²) in [5, 5.41) is 8.02. The van der Waals surface area contributed by atoms with Gasteiger partial charge in [0.1, 0.15) is 10.4 Å². The third kappa shape index (κ3) is 4.28. The number of anilines is 1. The van der Waals surface area contributed by atoms with Gasteiger partial charge >= 0.3 is 0 Å². The molecule has 3 aromatic rings. The number of carbonyl (C=O) groups is 1. The minimum atomic E-state index is -3.39. The van der Waals surface area contributed by atoms with Crippen LogP contribution in [0.2, 0.25) is 4.34 Å². The number of hydrogen-bond acceptors (Lipinski definition) is 7. The van der Waals surface area contributed by atoms with Gasteiger partial charge in [-0.25, -0.2) is 13.4 Å². The van der Waals surface area contributed by atoms with Crippen molar-refractivity contribution in [2.24, 2.45) is 5.92 Å². The summed E-state index contributed by atoms with van der Waals surface area (Å²) >= 11 is 7.15. The van der Waals surface area contributed by atoms with Gasteiger partial charge in [-0.2, -0.15) is 5.10 Å². The highest BCUT2D eigenvalue weighted by molar-refractivity contribution is 7.92. The number of ether oxygens (including phenoxy) is 1. The van der Waals surface area contributed by atoms with Crippen LogP contribution in [0.3, 0.4) is 0 Å². The van der Waals surface area contributed by atoms with Crippen LogP contribution in [0.5, 0.6) is 0 Å². The van der Waals surface area contributed by atoms with Crippen molar-refractivity contribution in [1.29, 1.82) is 0 Å². The van der Waals surface area contributed by atoms with E-state index >= 15 is 0 Å². The number of fused-ring (bicyclic) bond motifs is 1. The number of nitrogens with one attached hydrogen (secondary N) is 1. The fourth-order valence-electron chi connectivity index (χ4n) is 4.22. The molecule has 1 aliphatic carbocycles. The SMILES string of the molecule is O=C(Nc1ncc(Cl)s1)[C@@H](CC1CCOCC1)n1ncc2c(S(=O)(=O)C3CC3)cccc21. The second-order valence-electron chi connectivity index (χ2n) is 8.29. The van der Waals surface area contributed by atoms with Crippen molar-refractivity contribution in [3.05, 3.63) is 34.9 Å². The van der Waals surface area contributed by atoms with E-state index in [2.05, 4.69) is 15.4 Å². The number of rotatable bonds is 7. The number of hydrogen-bond donors (Lipinski definition) is 1. The van der Waals surface area contributed by atoms with E-state index in [-0.39, 0.29) is 11.2 Å². The molecule has 2 aliphatic rings. The maximum absolute atomic E-state index is 13.3. The highest BCUT2D eigenvalue weighted by atomic mass is 35.5. The summed E-state index contributed by atoms with van der Waals surface area (Å²) in [6.07, 6.45) is 6.75. The molecule has 2 fully saturated rings. The van der Waals surface area contributed by atoms with Gasteiger partial charge in [0.25, 0.3) is 5.91 Å². The van der Waals surface area contributed by atoms with Gasteiger partial charge in [-0.15, -0.1) is 0 Å². The first-order chi connectivity index (χ1) is 15.4. The largest absolute Gasteiger partial charge is 0.381 e. The Balaban J connectivity index is 1.52. The zero-order valence-electron chi connectivity index (χ0n) is 17.2. The van der Waals surface area contributed by atoms with E-state index in [9.17, 15) is 13.2 Å². The maximum Gasteiger partial charge on any atom is 0.251 e. The first-order valence-electron chi connectivity index (χ1n) is 10.6. The average Bonchev–Trinajstić information content (AvgIpc) is 3.46. The first kappa shape index (κ1) is 21.8. The van der Waals surface area contributed by atoms with Crippen LogP contribution in [-0.4, -0.2) is 47.6 Å². The van der Waals surface area contributed by atoms with E-state index in [1.807, 2.05) is 6.07 Å². The van der Waals surface area contributed by atoms with Crippen LogP contribution in [0.4, 0.5) is 5.13 Å². The van der Waals surface area contributed by atoms with E-state index in [1.165, 1.54) is 17.5 Å². The third-order valence-electron chi connectivity index (χ3n) is 6.07. The average molecular weight is 495 g/mol. The molecule has 8 nitrogen and oxygen atoms in total. The van der Waals surface area contributed by atoms with Crippen molar-refractivity contribution in [3.8, 4) is 0 Å². The van der Waals surface area contributed by atoms with E-state index in [1.54, 1.807) is 23.0 Å². The van der Waals surface area contributed by atoms with Crippen molar-refractivity contribution in [2.45, 2.75) is 48.3 Å². The molecule has 5 rings (SSSR count). The van der Waals surface area contributed by atoms with Gasteiger partial charge in [0.15, 0.2) is 15.0 Å². The van der Waals surface area contributed by atoms with E-state index in [0.717, 1.165) is 12.8 Å². The minimum Gasteiger partial charge on any atom is -0.381 e. The fourth-order valence-corrected chi connectivity index (χ4v) is 6.88. The Bertz CT molecular complexity index is 1250. The van der Waals surface area contributed by atoms with Gasteiger partial charge in [-0.05, 0) is 50.2 Å². The number of carbonyl (C=O) groups excluding carboxylic acids is 1. The van der Waals surface area contributed by atoms with E-state index in [4.69, 9.17) is 16.3 Å². The van der Waals surface area contributed by atoms with Crippen molar-refractivity contribution in [1.82, 2.24) is 14.8 Å². The Morgan fingerprint density at radius 3 is 2.72 bits per heavy atom. The summed E-state index contributed by atoms with van der Waals surface area (Å²) < 4.78 is 33.5. The molecule has 1 saturated carbocycles. The molecule has 11 heteroatoms. The van der Waals surface area contributed by atoms with Crippen molar-refractivity contribution in [3.63, 3.8) is 0 Å². The summed E-state index contributed by atoms with van der Waals surface area (Å²) in [6.45, 7) is 1.34. The van der Waals surface area contributed by atoms with Crippen LogP contribution in [0.15, 0.2) is 35.5 Å². The van der Waals surface area contributed by atoms with Crippen molar-refractivity contribution in [2.75, 3.05) is 18.5 Å².